The summed E-state index contributed by atoms with van der Waals surface area (Å²) in [6, 6.07) is 17.2. The van der Waals surface area contributed by atoms with Crippen LogP contribution in [0.1, 0.15) is 36.4 Å². The number of nitrogens with zero attached hydrogens (tertiary/aromatic N) is 3. The molecule has 3 nitrogen and oxygen atoms in total. The fraction of sp³-hybridized carbons (Fsp3) is 0.174. The van der Waals surface area contributed by atoms with Crippen LogP contribution in [0.4, 0.5) is 11.4 Å². The Hall–Kier alpha value is -1.97. The zero-order valence-corrected chi connectivity index (χ0v) is 19.3. The van der Waals surface area contributed by atoms with Gasteiger partial charge >= 0.3 is 0 Å². The van der Waals surface area contributed by atoms with E-state index in [1.54, 1.807) is 0 Å². The van der Waals surface area contributed by atoms with Gasteiger partial charge < -0.3 is 0 Å². The van der Waals surface area contributed by atoms with E-state index in [-0.39, 0.29) is 17.1 Å². The summed E-state index contributed by atoms with van der Waals surface area (Å²) in [7, 11) is 0. The molecule has 0 amide bonds. The largest absolute Gasteiger partial charge is 0.251 e. The van der Waals surface area contributed by atoms with Gasteiger partial charge in [-0.15, -0.1) is 0 Å². The summed E-state index contributed by atoms with van der Waals surface area (Å²) in [6.07, 6.45) is 0. The van der Waals surface area contributed by atoms with E-state index < -0.39 is 0 Å². The number of benzene rings is 2. The van der Waals surface area contributed by atoms with Crippen LogP contribution in [0.25, 0.3) is 0 Å². The maximum Gasteiger partial charge on any atom is 0.0849 e. The normalized spacial score (nSPS) is 11.9. The molecular weight excluding hydrogens is 445 g/mol. The minimum absolute atomic E-state index is 0. The first-order valence-corrected chi connectivity index (χ1v) is 9.70. The van der Waals surface area contributed by atoms with Crippen LogP contribution in [0.5, 0.6) is 0 Å². The Labute approximate surface area is 192 Å². The third-order valence-electron chi connectivity index (χ3n) is 4.38. The molecule has 1 aromatic heterocycles. The predicted octanol–water partition coefficient (Wildman–Crippen LogP) is 7.28. The average Bonchev–Trinajstić information content (AvgIpc) is 2.66. The molecule has 0 atom stereocenters. The molecule has 0 saturated heterocycles. The first kappa shape index (κ1) is 23.3. The van der Waals surface area contributed by atoms with Crippen molar-refractivity contribution in [2.45, 2.75) is 27.7 Å². The number of hydrogen-bond donors (Lipinski definition) is 0. The molecule has 0 saturated carbocycles. The molecule has 0 aliphatic heterocycles. The van der Waals surface area contributed by atoms with Crippen LogP contribution >= 0.6 is 23.2 Å². The predicted molar refractivity (Wildman–Crippen MR) is 120 cm³/mol. The van der Waals surface area contributed by atoms with Gasteiger partial charge in [0.1, 0.15) is 0 Å². The van der Waals surface area contributed by atoms with Gasteiger partial charge in [0.05, 0.1) is 34.2 Å². The number of aliphatic imine (C=N–C) groups is 2. The van der Waals surface area contributed by atoms with Crippen LogP contribution in [-0.4, -0.2) is 16.4 Å². The molecule has 0 spiro atoms. The molecule has 29 heavy (non-hydrogen) atoms. The average molecular weight is 466 g/mol. The third kappa shape index (κ3) is 6.00. The zero-order valence-electron chi connectivity index (χ0n) is 16.6. The van der Waals surface area contributed by atoms with Crippen LogP contribution in [-0.2, 0) is 17.1 Å². The fourth-order valence-electron chi connectivity index (χ4n) is 2.80. The van der Waals surface area contributed by atoms with Crippen LogP contribution in [0, 0.1) is 13.8 Å². The van der Waals surface area contributed by atoms with Gasteiger partial charge in [0.2, 0.25) is 0 Å². The van der Waals surface area contributed by atoms with Crippen molar-refractivity contribution in [3.63, 3.8) is 0 Å². The molecule has 150 valence electrons. The molecule has 0 radical (unpaired) electrons. The van der Waals surface area contributed by atoms with Gasteiger partial charge in [-0.1, -0.05) is 29.3 Å². The standard InChI is InChI=1S/C23H21Cl2N3.Fe/c1-14-12-18(24)8-10-20(14)26-16(3)22-6-5-7-23(28-22)17(4)27-21-11-9-19(25)13-15(21)2;/h5-13H,1-4H3;. The SMILES string of the molecule is CC(=Nc1ccc(Cl)cc1C)c1cccc(C(C)=Nc2ccc(Cl)cc2C)n1.[Fe]. The van der Waals surface area contributed by atoms with E-state index in [1.165, 1.54) is 0 Å². The summed E-state index contributed by atoms with van der Waals surface area (Å²) in [6.45, 7) is 7.89. The summed E-state index contributed by atoms with van der Waals surface area (Å²) in [5, 5.41) is 1.41. The maximum absolute atomic E-state index is 6.03. The molecule has 6 heteroatoms. The monoisotopic (exact) mass is 465 g/mol. The summed E-state index contributed by atoms with van der Waals surface area (Å²) in [5.41, 5.74) is 7.12. The molecule has 2 aromatic carbocycles. The Kier molecular flexibility index (Phi) is 8.18. The smallest absolute Gasteiger partial charge is 0.0849 e. The number of pyridine rings is 1. The van der Waals surface area contributed by atoms with Gasteiger partial charge in [0.15, 0.2) is 0 Å². The first-order valence-electron chi connectivity index (χ1n) is 8.94. The Morgan fingerprint density at radius 3 is 1.52 bits per heavy atom. The van der Waals surface area contributed by atoms with Crippen molar-refractivity contribution < 1.29 is 17.1 Å². The molecule has 0 bridgehead atoms. The maximum atomic E-state index is 6.03. The molecular formula is C23H21Cl2FeN3. The second-order valence-corrected chi connectivity index (χ2v) is 7.54. The van der Waals surface area contributed by atoms with E-state index in [4.69, 9.17) is 38.2 Å². The molecule has 0 fully saturated rings. The summed E-state index contributed by atoms with van der Waals surface area (Å²) in [4.78, 5) is 14.2. The zero-order chi connectivity index (χ0) is 20.3. The molecule has 0 N–H and O–H groups in total. The van der Waals surface area contributed by atoms with Crippen molar-refractivity contribution in [2.24, 2.45) is 9.98 Å². The number of hydrogen-bond acceptors (Lipinski definition) is 3. The summed E-state index contributed by atoms with van der Waals surface area (Å²) < 4.78 is 0. The van der Waals surface area contributed by atoms with E-state index in [2.05, 4.69) is 0 Å². The number of aryl methyl sites for hydroxylation is 2. The molecule has 1 heterocycles. The van der Waals surface area contributed by atoms with Gasteiger partial charge in [-0.2, -0.15) is 0 Å². The Bertz CT molecular complexity index is 1010. The van der Waals surface area contributed by atoms with Crippen molar-refractivity contribution in [1.82, 2.24) is 4.98 Å². The van der Waals surface area contributed by atoms with Gasteiger partial charge in [0, 0.05) is 27.1 Å². The van der Waals surface area contributed by atoms with E-state index >= 15 is 0 Å². The van der Waals surface area contributed by atoms with Crippen molar-refractivity contribution in [1.29, 1.82) is 0 Å². The Balaban J connectivity index is 0.00000300. The van der Waals surface area contributed by atoms with Crippen LogP contribution < -0.4 is 0 Å². The second kappa shape index (κ2) is 10.2. The minimum atomic E-state index is 0. The first-order chi connectivity index (χ1) is 13.3. The third-order valence-corrected chi connectivity index (χ3v) is 4.85. The van der Waals surface area contributed by atoms with E-state index in [1.807, 2.05) is 82.3 Å². The van der Waals surface area contributed by atoms with E-state index in [0.717, 1.165) is 45.3 Å². The minimum Gasteiger partial charge on any atom is -0.251 e. The topological polar surface area (TPSA) is 37.6 Å². The molecule has 0 aliphatic rings. The molecule has 0 aliphatic carbocycles. The van der Waals surface area contributed by atoms with E-state index in [9.17, 15) is 0 Å². The molecule has 3 aromatic rings. The van der Waals surface area contributed by atoms with Crippen LogP contribution in [0.15, 0.2) is 64.6 Å². The Morgan fingerprint density at radius 1 is 0.724 bits per heavy atom. The summed E-state index contributed by atoms with van der Waals surface area (Å²) >= 11 is 12.1. The summed E-state index contributed by atoms with van der Waals surface area (Å²) in [5.74, 6) is 0. The quantitative estimate of drug-likeness (QED) is 0.294. The Morgan fingerprint density at radius 2 is 1.14 bits per heavy atom. The van der Waals surface area contributed by atoms with Crippen molar-refractivity contribution in [2.75, 3.05) is 0 Å². The molecule has 0 unspecified atom stereocenters. The van der Waals surface area contributed by atoms with E-state index in [0.29, 0.717) is 10.0 Å². The van der Waals surface area contributed by atoms with Gasteiger partial charge in [-0.25, -0.2) is 4.98 Å². The van der Waals surface area contributed by atoms with Gasteiger partial charge in [-0.3, -0.25) is 9.98 Å². The fourth-order valence-corrected chi connectivity index (χ4v) is 3.26. The number of aromatic nitrogens is 1. The van der Waals surface area contributed by atoms with Crippen LogP contribution in [0.2, 0.25) is 10.0 Å². The number of rotatable bonds is 4. The van der Waals surface area contributed by atoms with Crippen molar-refractivity contribution >= 4 is 46.0 Å². The van der Waals surface area contributed by atoms with Gasteiger partial charge in [-0.05, 0) is 87.4 Å². The molecule has 3 rings (SSSR count). The number of halogens is 2. The second-order valence-electron chi connectivity index (χ2n) is 6.66. The van der Waals surface area contributed by atoms with Crippen molar-refractivity contribution in [3.05, 3.63) is 87.2 Å². The van der Waals surface area contributed by atoms with Gasteiger partial charge in [0.25, 0.3) is 0 Å². The van der Waals surface area contributed by atoms with Crippen molar-refractivity contribution in [3.8, 4) is 0 Å². The van der Waals surface area contributed by atoms with Crippen LogP contribution in [0.3, 0.4) is 0 Å².